The summed E-state index contributed by atoms with van der Waals surface area (Å²) < 4.78 is 39.9. The van der Waals surface area contributed by atoms with Crippen molar-refractivity contribution in [2.24, 2.45) is 0 Å². The number of nitrogens with zero attached hydrogens (tertiary/aromatic N) is 2. The lowest BCUT2D eigenvalue weighted by molar-refractivity contribution is 0.0966. The second kappa shape index (κ2) is 14.5. The number of benzene rings is 2. The number of halogens is 3. The van der Waals surface area contributed by atoms with Crippen LogP contribution >= 0.6 is 47.8 Å². The van der Waals surface area contributed by atoms with Gasteiger partial charge < -0.3 is 14.0 Å². The van der Waals surface area contributed by atoms with E-state index in [1.807, 2.05) is 6.07 Å². The summed E-state index contributed by atoms with van der Waals surface area (Å²) in [6, 6.07) is 12.8. The standard InChI is InChI=1S/C18H19BrN2O5S.C9H8Br2O2/c1-26-17-10-13(19)4-6-15(17)16(22)12-20-11-14(5-7-18(20)23)27(24,25)21-8-2-3-9-21;1-13-9-4-6(11)2-3-7(9)8(12)5-10/h4-7,10-11H,2-3,8-9,12H2,1H3;2-4H,5H2,1H3. The molecule has 0 aliphatic carbocycles. The lowest BCUT2D eigenvalue weighted by atomic mass is 10.1. The summed E-state index contributed by atoms with van der Waals surface area (Å²) >= 11 is 9.73. The number of carbonyl (C=O) groups excluding carboxylic acids is 2. The SMILES string of the molecule is COc1cc(Br)ccc1C(=O)CBr.COc1cc(Br)ccc1C(=O)Cn1cc(S(=O)(=O)N2CCCC2)ccc1=O. The molecule has 0 atom stereocenters. The van der Waals surface area contributed by atoms with Gasteiger partial charge in [0.25, 0.3) is 5.56 Å². The van der Waals surface area contributed by atoms with Crippen LogP contribution < -0.4 is 15.0 Å². The van der Waals surface area contributed by atoms with Gasteiger partial charge in [0, 0.05) is 34.3 Å². The van der Waals surface area contributed by atoms with E-state index in [1.165, 1.54) is 29.7 Å². The third-order valence-corrected chi connectivity index (χ3v) is 9.40. The number of Topliss-reactive ketones (excluding diaryl/α,β-unsaturated/α-hetero) is 2. The average Bonchev–Trinajstić information content (AvgIpc) is 3.50. The Morgan fingerprint density at radius 3 is 1.88 bits per heavy atom. The highest BCUT2D eigenvalue weighted by atomic mass is 79.9. The molecule has 0 radical (unpaired) electrons. The Bertz CT molecular complexity index is 1550. The van der Waals surface area contributed by atoms with E-state index in [0.29, 0.717) is 41.0 Å². The summed E-state index contributed by atoms with van der Waals surface area (Å²) in [5, 5.41) is 0.311. The molecule has 40 heavy (non-hydrogen) atoms. The van der Waals surface area contributed by atoms with Gasteiger partial charge >= 0.3 is 0 Å². The number of carbonyl (C=O) groups is 2. The molecule has 0 spiro atoms. The van der Waals surface area contributed by atoms with Gasteiger partial charge in [-0.1, -0.05) is 47.8 Å². The zero-order valence-corrected chi connectivity index (χ0v) is 27.3. The van der Waals surface area contributed by atoms with Crippen molar-refractivity contribution < 1.29 is 27.5 Å². The molecule has 13 heteroatoms. The second-order valence-electron chi connectivity index (χ2n) is 8.61. The maximum atomic E-state index is 12.7. The first-order valence-electron chi connectivity index (χ1n) is 12.0. The number of sulfonamides is 1. The minimum absolute atomic E-state index is 0.0135. The van der Waals surface area contributed by atoms with E-state index in [9.17, 15) is 22.8 Å². The van der Waals surface area contributed by atoms with E-state index in [0.717, 1.165) is 26.4 Å². The van der Waals surface area contributed by atoms with E-state index < -0.39 is 15.6 Å². The van der Waals surface area contributed by atoms with Gasteiger partial charge in [0.05, 0.1) is 42.1 Å². The Morgan fingerprint density at radius 1 is 0.850 bits per heavy atom. The summed E-state index contributed by atoms with van der Waals surface area (Å²) in [4.78, 5) is 36.2. The topological polar surface area (TPSA) is 112 Å². The monoisotopic (exact) mass is 760 g/mol. The molecule has 1 aliphatic heterocycles. The highest BCUT2D eigenvalue weighted by Gasteiger charge is 2.28. The van der Waals surface area contributed by atoms with Crippen molar-refractivity contribution in [3.63, 3.8) is 0 Å². The van der Waals surface area contributed by atoms with Gasteiger partial charge in [0.15, 0.2) is 11.6 Å². The first-order valence-corrected chi connectivity index (χ1v) is 16.2. The van der Waals surface area contributed by atoms with Gasteiger partial charge in [-0.3, -0.25) is 14.4 Å². The summed E-state index contributed by atoms with van der Waals surface area (Å²) in [6.45, 7) is 0.660. The molecule has 0 amide bonds. The van der Waals surface area contributed by atoms with Gasteiger partial charge in [0.2, 0.25) is 10.0 Å². The zero-order chi connectivity index (χ0) is 29.4. The van der Waals surface area contributed by atoms with Crippen LogP contribution in [-0.4, -0.2) is 61.5 Å². The normalized spacial score (nSPS) is 13.3. The fourth-order valence-electron chi connectivity index (χ4n) is 3.97. The molecule has 4 rings (SSSR count). The molecule has 3 aromatic rings. The quantitative estimate of drug-likeness (QED) is 0.214. The van der Waals surface area contributed by atoms with Crippen molar-refractivity contribution in [1.29, 1.82) is 0 Å². The van der Waals surface area contributed by atoms with Crippen molar-refractivity contribution in [1.82, 2.24) is 8.87 Å². The minimum Gasteiger partial charge on any atom is -0.496 e. The molecule has 2 heterocycles. The summed E-state index contributed by atoms with van der Waals surface area (Å²) in [7, 11) is -0.665. The molecular weight excluding hydrogens is 736 g/mol. The van der Waals surface area contributed by atoms with Crippen LogP contribution in [0.3, 0.4) is 0 Å². The fourth-order valence-corrected chi connectivity index (χ4v) is 6.49. The van der Waals surface area contributed by atoms with Gasteiger partial charge in [-0.05, 0) is 55.3 Å². The third kappa shape index (κ3) is 7.90. The molecule has 1 aliphatic rings. The number of ketones is 2. The van der Waals surface area contributed by atoms with E-state index >= 15 is 0 Å². The second-order valence-corrected chi connectivity index (χ2v) is 12.9. The van der Waals surface area contributed by atoms with Crippen molar-refractivity contribution >= 4 is 69.4 Å². The maximum absolute atomic E-state index is 12.7. The number of alkyl halides is 1. The maximum Gasteiger partial charge on any atom is 0.251 e. The van der Waals surface area contributed by atoms with E-state index in [4.69, 9.17) is 9.47 Å². The average molecular weight is 763 g/mol. The van der Waals surface area contributed by atoms with Crippen LogP contribution in [0.2, 0.25) is 0 Å². The molecule has 0 N–H and O–H groups in total. The molecule has 0 bridgehead atoms. The predicted octanol–water partition coefficient (Wildman–Crippen LogP) is 5.32. The Kier molecular flexibility index (Phi) is 11.7. The highest BCUT2D eigenvalue weighted by molar-refractivity contribution is 9.10. The highest BCUT2D eigenvalue weighted by Crippen LogP contribution is 2.25. The molecule has 0 saturated carbocycles. The number of rotatable bonds is 9. The molecule has 1 aromatic heterocycles. The predicted molar refractivity (Wildman–Crippen MR) is 163 cm³/mol. The van der Waals surface area contributed by atoms with E-state index in [2.05, 4.69) is 47.8 Å². The molecule has 1 saturated heterocycles. The van der Waals surface area contributed by atoms with Crippen LogP contribution in [0.25, 0.3) is 0 Å². The molecular formula is C27H27Br3N2O7S. The smallest absolute Gasteiger partial charge is 0.251 e. The van der Waals surface area contributed by atoms with Gasteiger partial charge in [-0.25, -0.2) is 8.42 Å². The first kappa shape index (κ1) is 32.2. The van der Waals surface area contributed by atoms with Crippen LogP contribution in [0.1, 0.15) is 33.6 Å². The summed E-state index contributed by atoms with van der Waals surface area (Å²) in [5.74, 6) is 0.642. The summed E-state index contributed by atoms with van der Waals surface area (Å²) in [5.41, 5.74) is 0.475. The van der Waals surface area contributed by atoms with E-state index in [1.54, 1.807) is 37.4 Å². The molecule has 1 fully saturated rings. The van der Waals surface area contributed by atoms with Crippen molar-refractivity contribution in [3.8, 4) is 11.5 Å². The number of hydrogen-bond acceptors (Lipinski definition) is 7. The largest absolute Gasteiger partial charge is 0.496 e. The number of methoxy groups -OCH3 is 2. The van der Waals surface area contributed by atoms with Crippen molar-refractivity contribution in [3.05, 3.63) is 85.2 Å². The van der Waals surface area contributed by atoms with Crippen LogP contribution in [0.5, 0.6) is 11.5 Å². The minimum atomic E-state index is -3.67. The molecule has 2 aromatic carbocycles. The number of hydrogen-bond donors (Lipinski definition) is 0. The lowest BCUT2D eigenvalue weighted by Gasteiger charge is -2.16. The number of aromatic nitrogens is 1. The van der Waals surface area contributed by atoms with Crippen LogP contribution in [0, 0.1) is 0 Å². The fraction of sp³-hybridized carbons (Fsp3) is 0.296. The Balaban J connectivity index is 0.000000285. The Morgan fingerprint density at radius 2 is 1.38 bits per heavy atom. The molecule has 214 valence electrons. The number of ether oxygens (including phenoxy) is 2. The zero-order valence-electron chi connectivity index (χ0n) is 21.7. The molecule has 0 unspecified atom stereocenters. The van der Waals surface area contributed by atoms with E-state index in [-0.39, 0.29) is 23.0 Å². The Hall–Kier alpha value is -2.32. The van der Waals surface area contributed by atoms with Gasteiger partial charge in [-0.15, -0.1) is 0 Å². The van der Waals surface area contributed by atoms with Gasteiger partial charge in [-0.2, -0.15) is 4.31 Å². The Labute approximate surface area is 257 Å². The first-order chi connectivity index (χ1) is 19.0. The molecule has 9 nitrogen and oxygen atoms in total. The van der Waals surface area contributed by atoms with Crippen LogP contribution in [0.15, 0.2) is 73.4 Å². The van der Waals surface area contributed by atoms with Crippen molar-refractivity contribution in [2.75, 3.05) is 32.6 Å². The van der Waals surface area contributed by atoms with Crippen LogP contribution in [0.4, 0.5) is 0 Å². The lowest BCUT2D eigenvalue weighted by Crippen LogP contribution is -2.30. The summed E-state index contributed by atoms with van der Waals surface area (Å²) in [6.07, 6.45) is 2.88. The van der Waals surface area contributed by atoms with Crippen LogP contribution in [-0.2, 0) is 16.6 Å². The number of pyridine rings is 1. The van der Waals surface area contributed by atoms with Crippen molar-refractivity contribution in [2.45, 2.75) is 24.3 Å². The van der Waals surface area contributed by atoms with Gasteiger partial charge in [0.1, 0.15) is 11.5 Å². The third-order valence-electron chi connectivity index (χ3n) is 6.02.